The molecule has 0 aromatic heterocycles. The van der Waals surface area contributed by atoms with Crippen LogP contribution in [0.2, 0.25) is 0 Å². The van der Waals surface area contributed by atoms with E-state index in [1.54, 1.807) is 19.2 Å². The number of alkyl halides is 3. The number of nitrogens with one attached hydrogen (secondary N) is 1. The van der Waals surface area contributed by atoms with Gasteiger partial charge in [0.15, 0.2) is 0 Å². The fourth-order valence-electron chi connectivity index (χ4n) is 3.74. The number of ether oxygens (including phenoxy) is 2. The van der Waals surface area contributed by atoms with Crippen molar-refractivity contribution in [2.45, 2.75) is 30.6 Å². The van der Waals surface area contributed by atoms with E-state index in [-0.39, 0.29) is 37.0 Å². The Morgan fingerprint density at radius 1 is 1.03 bits per heavy atom. The molecule has 196 valence electrons. The molecule has 13 heteroatoms. The maximum Gasteiger partial charge on any atom is 0.573 e. The van der Waals surface area contributed by atoms with E-state index in [1.165, 1.54) is 11.8 Å². The minimum atomic E-state index is -4.92. The Morgan fingerprint density at radius 3 is 2.19 bits per heavy atom. The predicted molar refractivity (Wildman–Crippen MR) is 123 cm³/mol. The van der Waals surface area contributed by atoms with Gasteiger partial charge in [-0.3, -0.25) is 9.59 Å². The van der Waals surface area contributed by atoms with Crippen LogP contribution >= 0.6 is 0 Å². The van der Waals surface area contributed by atoms with E-state index in [4.69, 9.17) is 4.74 Å². The van der Waals surface area contributed by atoms with E-state index >= 15 is 0 Å². The van der Waals surface area contributed by atoms with Crippen LogP contribution in [0.5, 0.6) is 11.5 Å². The van der Waals surface area contributed by atoms with Crippen molar-refractivity contribution in [2.24, 2.45) is 0 Å². The van der Waals surface area contributed by atoms with Gasteiger partial charge in [0.1, 0.15) is 17.5 Å². The van der Waals surface area contributed by atoms with Gasteiger partial charge >= 0.3 is 6.36 Å². The summed E-state index contributed by atoms with van der Waals surface area (Å²) in [5.41, 5.74) is 0.927. The number of sulfonamides is 1. The largest absolute Gasteiger partial charge is 0.573 e. The van der Waals surface area contributed by atoms with Gasteiger partial charge in [-0.15, -0.1) is 13.2 Å². The number of nitrogens with zero attached hydrogens (tertiary/aromatic N) is 2. The molecular weight excluding hydrogens is 503 g/mol. The molecule has 1 saturated heterocycles. The minimum Gasteiger partial charge on any atom is -0.497 e. The Hall–Kier alpha value is -3.32. The zero-order valence-electron chi connectivity index (χ0n) is 19.6. The van der Waals surface area contributed by atoms with Crippen molar-refractivity contribution in [1.82, 2.24) is 14.5 Å². The first-order chi connectivity index (χ1) is 16.9. The summed E-state index contributed by atoms with van der Waals surface area (Å²) in [5.74, 6) is -0.782. The molecule has 0 bridgehead atoms. The maximum atomic E-state index is 13.3. The second-order valence-corrected chi connectivity index (χ2v) is 9.90. The summed E-state index contributed by atoms with van der Waals surface area (Å²) in [5, 5.41) is 2.72. The molecule has 1 aliphatic rings. The summed E-state index contributed by atoms with van der Waals surface area (Å²) in [6.45, 7) is 1.30. The Kier molecular flexibility index (Phi) is 8.46. The van der Waals surface area contributed by atoms with Gasteiger partial charge in [-0.1, -0.05) is 12.1 Å². The van der Waals surface area contributed by atoms with Gasteiger partial charge in [-0.05, 0) is 48.4 Å². The van der Waals surface area contributed by atoms with Gasteiger partial charge in [0.05, 0.1) is 12.0 Å². The summed E-state index contributed by atoms with van der Waals surface area (Å²) in [6, 6.07) is 9.75. The molecular formula is C23H26F3N3O6S. The normalized spacial score (nSPS) is 16.9. The molecule has 1 aliphatic heterocycles. The highest BCUT2D eigenvalue weighted by Crippen LogP contribution is 2.27. The number of benzene rings is 2. The van der Waals surface area contributed by atoms with Gasteiger partial charge in [-0.2, -0.15) is 4.31 Å². The van der Waals surface area contributed by atoms with Crippen LogP contribution in [0.3, 0.4) is 0 Å². The Labute approximate surface area is 206 Å². The molecule has 36 heavy (non-hydrogen) atoms. The molecule has 1 heterocycles. The lowest BCUT2D eigenvalue weighted by atomic mass is 10.1. The molecule has 1 fully saturated rings. The third-order valence-corrected chi connectivity index (χ3v) is 7.54. The van der Waals surface area contributed by atoms with Crippen LogP contribution in [0.1, 0.15) is 12.5 Å². The van der Waals surface area contributed by atoms with Crippen molar-refractivity contribution in [2.75, 3.05) is 33.3 Å². The van der Waals surface area contributed by atoms with Crippen LogP contribution in [0.4, 0.5) is 13.2 Å². The SMILES string of the molecule is COc1ccc(CCNC(=O)[C@H]2CN(C(C)=O)CCN2S(=O)(=O)c2ccc(OC(F)(F)F)cc2)cc1. The smallest absolute Gasteiger partial charge is 0.497 e. The highest BCUT2D eigenvalue weighted by Gasteiger charge is 2.41. The number of hydrogen-bond donors (Lipinski definition) is 1. The zero-order chi connectivity index (χ0) is 26.5. The Balaban J connectivity index is 1.75. The van der Waals surface area contributed by atoms with Gasteiger partial charge in [0, 0.05) is 33.1 Å². The molecule has 0 saturated carbocycles. The molecule has 1 N–H and O–H groups in total. The van der Waals surface area contributed by atoms with E-state index in [2.05, 4.69) is 10.1 Å². The molecule has 3 rings (SSSR count). The molecule has 0 radical (unpaired) electrons. The Morgan fingerprint density at radius 2 is 1.64 bits per heavy atom. The number of amides is 2. The molecule has 2 aromatic carbocycles. The number of piperazine rings is 1. The van der Waals surface area contributed by atoms with Crippen molar-refractivity contribution in [3.8, 4) is 11.5 Å². The van der Waals surface area contributed by atoms with Crippen LogP contribution in [0.25, 0.3) is 0 Å². The monoisotopic (exact) mass is 529 g/mol. The number of methoxy groups -OCH3 is 1. The minimum absolute atomic E-state index is 0.0689. The van der Waals surface area contributed by atoms with E-state index in [0.29, 0.717) is 12.2 Å². The summed E-state index contributed by atoms with van der Waals surface area (Å²) in [4.78, 5) is 26.0. The van der Waals surface area contributed by atoms with Crippen molar-refractivity contribution in [3.63, 3.8) is 0 Å². The van der Waals surface area contributed by atoms with Gasteiger partial charge in [0.25, 0.3) is 0 Å². The van der Waals surface area contributed by atoms with Crippen LogP contribution in [0, 0.1) is 0 Å². The van der Waals surface area contributed by atoms with Crippen LogP contribution in [-0.4, -0.2) is 75.1 Å². The van der Waals surface area contributed by atoms with Crippen molar-refractivity contribution in [1.29, 1.82) is 0 Å². The number of halogens is 3. The fraction of sp³-hybridized carbons (Fsp3) is 0.391. The van der Waals surface area contributed by atoms with Crippen LogP contribution in [-0.2, 0) is 26.0 Å². The van der Waals surface area contributed by atoms with Crippen LogP contribution < -0.4 is 14.8 Å². The number of carbonyl (C=O) groups excluding carboxylic acids is 2. The first-order valence-corrected chi connectivity index (χ1v) is 12.4. The summed E-state index contributed by atoms with van der Waals surface area (Å²) < 4.78 is 73.7. The first-order valence-electron chi connectivity index (χ1n) is 10.9. The van der Waals surface area contributed by atoms with E-state index < -0.39 is 34.1 Å². The molecule has 2 amide bonds. The quantitative estimate of drug-likeness (QED) is 0.562. The lowest BCUT2D eigenvalue weighted by Gasteiger charge is -2.39. The first kappa shape index (κ1) is 27.3. The molecule has 2 aromatic rings. The highest BCUT2D eigenvalue weighted by atomic mass is 32.2. The summed E-state index contributed by atoms with van der Waals surface area (Å²) >= 11 is 0. The molecule has 0 unspecified atom stereocenters. The number of rotatable bonds is 8. The number of carbonyl (C=O) groups is 2. The highest BCUT2D eigenvalue weighted by molar-refractivity contribution is 7.89. The van der Waals surface area contributed by atoms with E-state index in [9.17, 15) is 31.2 Å². The number of hydrogen-bond acceptors (Lipinski definition) is 6. The lowest BCUT2D eigenvalue weighted by Crippen LogP contribution is -2.61. The fourth-order valence-corrected chi connectivity index (χ4v) is 5.31. The zero-order valence-corrected chi connectivity index (χ0v) is 20.4. The topological polar surface area (TPSA) is 105 Å². The Bertz CT molecular complexity index is 1170. The molecule has 1 atom stereocenters. The summed E-state index contributed by atoms with van der Waals surface area (Å²) in [7, 11) is -2.72. The third-order valence-electron chi connectivity index (χ3n) is 5.62. The van der Waals surface area contributed by atoms with E-state index in [0.717, 1.165) is 34.1 Å². The average molecular weight is 530 g/mol. The lowest BCUT2D eigenvalue weighted by molar-refractivity contribution is -0.274. The second-order valence-electron chi connectivity index (χ2n) is 8.00. The van der Waals surface area contributed by atoms with E-state index in [1.807, 2.05) is 12.1 Å². The molecule has 9 nitrogen and oxygen atoms in total. The van der Waals surface area contributed by atoms with Gasteiger partial charge in [0.2, 0.25) is 21.8 Å². The third kappa shape index (κ3) is 6.88. The maximum absolute atomic E-state index is 13.3. The molecule has 0 spiro atoms. The van der Waals surface area contributed by atoms with Gasteiger partial charge in [-0.25, -0.2) is 8.42 Å². The van der Waals surface area contributed by atoms with Crippen LogP contribution in [0.15, 0.2) is 53.4 Å². The average Bonchev–Trinajstić information content (AvgIpc) is 2.83. The standard InChI is InChI=1S/C23H26F3N3O6S/c1-16(30)28-13-14-29(36(32,33)20-9-7-19(8-10-20)35-23(24,25)26)21(15-28)22(31)27-12-11-17-3-5-18(34-2)6-4-17/h3-10,21H,11-15H2,1-2H3,(H,27,31)/t21-/m1/s1. The van der Waals surface area contributed by atoms with Gasteiger partial charge < -0.3 is 19.7 Å². The second kappa shape index (κ2) is 11.2. The van der Waals surface area contributed by atoms with Crippen molar-refractivity contribution >= 4 is 21.8 Å². The van der Waals surface area contributed by atoms with Crippen molar-refractivity contribution in [3.05, 3.63) is 54.1 Å². The van der Waals surface area contributed by atoms with Crippen molar-refractivity contribution < 1.29 is 40.7 Å². The predicted octanol–water partition coefficient (Wildman–Crippen LogP) is 2.17. The molecule has 0 aliphatic carbocycles. The summed E-state index contributed by atoms with van der Waals surface area (Å²) in [6.07, 6.45) is -4.44.